The molecule has 0 amide bonds. The molecule has 0 bridgehead atoms. The Labute approximate surface area is 105 Å². The van der Waals surface area contributed by atoms with E-state index in [1.807, 2.05) is 5.38 Å². The third-order valence-electron chi connectivity index (χ3n) is 3.17. The number of nitrogens with zero attached hydrogens (tertiary/aromatic N) is 2. The molecule has 1 aliphatic rings. The van der Waals surface area contributed by atoms with Crippen LogP contribution in [0.15, 0.2) is 5.38 Å². The number of rotatable bonds is 3. The molecule has 2 heterocycles. The maximum absolute atomic E-state index is 10.6. The van der Waals surface area contributed by atoms with Crippen molar-refractivity contribution in [1.82, 2.24) is 4.98 Å². The third kappa shape index (κ3) is 3.19. The molecular formula is C12H18N2O2S. The second-order valence-corrected chi connectivity index (χ2v) is 5.42. The third-order valence-corrected chi connectivity index (χ3v) is 4.10. The second kappa shape index (κ2) is 5.49. The number of anilines is 1. The van der Waals surface area contributed by atoms with E-state index in [4.69, 9.17) is 5.11 Å². The summed E-state index contributed by atoms with van der Waals surface area (Å²) in [6.45, 7) is 3.27. The standard InChI is InChI=1S/C12H18N2O2S/c1-9-5-3-2-4-6-14(9)12-13-10(8-17-12)7-11(15)16/h8-9H,2-7H2,1H3,(H,15,16). The van der Waals surface area contributed by atoms with Gasteiger partial charge in [-0.15, -0.1) is 11.3 Å². The SMILES string of the molecule is CC1CCCCCN1c1nc(CC(=O)O)cs1. The maximum Gasteiger partial charge on any atom is 0.309 e. The van der Waals surface area contributed by atoms with Crippen molar-refractivity contribution in [2.75, 3.05) is 11.4 Å². The fourth-order valence-electron chi connectivity index (χ4n) is 2.22. The molecule has 0 aromatic carbocycles. The summed E-state index contributed by atoms with van der Waals surface area (Å²) in [6, 6.07) is 0.515. The average molecular weight is 254 g/mol. The zero-order chi connectivity index (χ0) is 12.3. The molecule has 1 aliphatic heterocycles. The number of carboxylic acid groups (broad SMARTS) is 1. The molecule has 1 saturated heterocycles. The van der Waals surface area contributed by atoms with Gasteiger partial charge in [-0.3, -0.25) is 4.79 Å². The Morgan fingerprint density at radius 2 is 2.41 bits per heavy atom. The minimum absolute atomic E-state index is 0.0265. The average Bonchev–Trinajstić information content (AvgIpc) is 2.59. The topological polar surface area (TPSA) is 53.4 Å². The van der Waals surface area contributed by atoms with Gasteiger partial charge < -0.3 is 10.0 Å². The summed E-state index contributed by atoms with van der Waals surface area (Å²) in [5.41, 5.74) is 0.675. The quantitative estimate of drug-likeness (QED) is 0.900. The van der Waals surface area contributed by atoms with E-state index in [1.54, 1.807) is 11.3 Å². The number of thiazole rings is 1. The van der Waals surface area contributed by atoms with Gasteiger partial charge in [-0.25, -0.2) is 4.98 Å². The summed E-state index contributed by atoms with van der Waals surface area (Å²) in [7, 11) is 0. The Bertz CT molecular complexity index is 392. The minimum Gasteiger partial charge on any atom is -0.481 e. The summed E-state index contributed by atoms with van der Waals surface area (Å²) in [4.78, 5) is 17.4. The molecular weight excluding hydrogens is 236 g/mol. The summed E-state index contributed by atoms with van der Waals surface area (Å²) in [6.07, 6.45) is 5.00. The van der Waals surface area contributed by atoms with Gasteiger partial charge in [0.25, 0.3) is 0 Å². The van der Waals surface area contributed by atoms with Gasteiger partial charge in [0.15, 0.2) is 5.13 Å². The highest BCUT2D eigenvalue weighted by Crippen LogP contribution is 2.27. The van der Waals surface area contributed by atoms with E-state index in [1.165, 1.54) is 25.7 Å². The Balaban J connectivity index is 2.09. The van der Waals surface area contributed by atoms with Crippen molar-refractivity contribution >= 4 is 22.4 Å². The molecule has 0 aliphatic carbocycles. The van der Waals surface area contributed by atoms with Crippen molar-refractivity contribution in [1.29, 1.82) is 0 Å². The van der Waals surface area contributed by atoms with Gasteiger partial charge >= 0.3 is 5.97 Å². The van der Waals surface area contributed by atoms with E-state index in [0.717, 1.165) is 11.7 Å². The van der Waals surface area contributed by atoms with E-state index < -0.39 is 5.97 Å². The molecule has 17 heavy (non-hydrogen) atoms. The molecule has 4 nitrogen and oxygen atoms in total. The number of hydrogen-bond donors (Lipinski definition) is 1. The Morgan fingerprint density at radius 1 is 1.59 bits per heavy atom. The predicted molar refractivity (Wildman–Crippen MR) is 68.7 cm³/mol. The first-order valence-corrected chi connectivity index (χ1v) is 6.97. The van der Waals surface area contributed by atoms with Gasteiger partial charge in [0.05, 0.1) is 12.1 Å². The number of aliphatic carboxylic acids is 1. The number of aromatic nitrogens is 1. The molecule has 1 unspecified atom stereocenters. The van der Waals surface area contributed by atoms with E-state index in [-0.39, 0.29) is 6.42 Å². The molecule has 94 valence electrons. The molecule has 0 radical (unpaired) electrons. The van der Waals surface area contributed by atoms with Gasteiger partial charge in [0.1, 0.15) is 0 Å². The maximum atomic E-state index is 10.6. The Morgan fingerprint density at radius 3 is 3.18 bits per heavy atom. The van der Waals surface area contributed by atoms with Crippen molar-refractivity contribution < 1.29 is 9.90 Å². The summed E-state index contributed by atoms with van der Waals surface area (Å²) >= 11 is 1.56. The lowest BCUT2D eigenvalue weighted by Gasteiger charge is -2.26. The van der Waals surface area contributed by atoms with Crippen molar-refractivity contribution in [2.24, 2.45) is 0 Å². The smallest absolute Gasteiger partial charge is 0.309 e. The molecule has 5 heteroatoms. The van der Waals surface area contributed by atoms with Crippen molar-refractivity contribution in [2.45, 2.75) is 45.1 Å². The van der Waals surface area contributed by atoms with Gasteiger partial charge in [-0.1, -0.05) is 12.8 Å². The Kier molecular flexibility index (Phi) is 3.99. The fourth-order valence-corrected chi connectivity index (χ4v) is 3.18. The number of hydrogen-bond acceptors (Lipinski definition) is 4. The summed E-state index contributed by atoms with van der Waals surface area (Å²) in [5, 5.41) is 11.6. The predicted octanol–water partition coefficient (Wildman–Crippen LogP) is 2.54. The lowest BCUT2D eigenvalue weighted by Crippen LogP contribution is -2.32. The van der Waals surface area contributed by atoms with Crippen molar-refractivity contribution in [3.05, 3.63) is 11.1 Å². The zero-order valence-corrected chi connectivity index (χ0v) is 10.9. The van der Waals surface area contributed by atoms with Gasteiger partial charge in [-0.05, 0) is 19.8 Å². The monoisotopic (exact) mass is 254 g/mol. The van der Waals surface area contributed by atoms with E-state index in [0.29, 0.717) is 11.7 Å². The number of carbonyl (C=O) groups is 1. The largest absolute Gasteiger partial charge is 0.481 e. The van der Waals surface area contributed by atoms with E-state index in [9.17, 15) is 4.79 Å². The number of carboxylic acids is 1. The van der Waals surface area contributed by atoms with Crippen LogP contribution in [0.3, 0.4) is 0 Å². The van der Waals surface area contributed by atoms with Gasteiger partial charge in [0, 0.05) is 18.0 Å². The molecule has 1 aromatic rings. The van der Waals surface area contributed by atoms with E-state index >= 15 is 0 Å². The normalized spacial score (nSPS) is 21.2. The molecule has 0 saturated carbocycles. The second-order valence-electron chi connectivity index (χ2n) is 4.58. The molecule has 0 spiro atoms. The molecule has 2 rings (SSSR count). The lowest BCUT2D eigenvalue weighted by molar-refractivity contribution is -0.136. The van der Waals surface area contributed by atoms with Crippen molar-refractivity contribution in [3.63, 3.8) is 0 Å². The fraction of sp³-hybridized carbons (Fsp3) is 0.667. The highest BCUT2D eigenvalue weighted by molar-refractivity contribution is 7.13. The van der Waals surface area contributed by atoms with Crippen molar-refractivity contribution in [3.8, 4) is 0 Å². The zero-order valence-electron chi connectivity index (χ0n) is 10.1. The summed E-state index contributed by atoms with van der Waals surface area (Å²) in [5.74, 6) is -0.814. The summed E-state index contributed by atoms with van der Waals surface area (Å²) < 4.78 is 0. The lowest BCUT2D eigenvalue weighted by atomic mass is 10.1. The highest BCUT2D eigenvalue weighted by atomic mass is 32.1. The van der Waals surface area contributed by atoms with Crippen LogP contribution >= 0.6 is 11.3 Å². The highest BCUT2D eigenvalue weighted by Gasteiger charge is 2.20. The molecule has 1 atom stereocenters. The minimum atomic E-state index is -0.814. The molecule has 1 fully saturated rings. The van der Waals surface area contributed by atoms with Crippen LogP contribution in [-0.2, 0) is 11.2 Å². The first-order valence-electron chi connectivity index (χ1n) is 6.09. The van der Waals surface area contributed by atoms with Crippen LogP contribution in [0.5, 0.6) is 0 Å². The van der Waals surface area contributed by atoms with Crippen LogP contribution in [0.2, 0.25) is 0 Å². The van der Waals surface area contributed by atoms with Gasteiger partial charge in [-0.2, -0.15) is 0 Å². The van der Waals surface area contributed by atoms with Gasteiger partial charge in [0.2, 0.25) is 0 Å². The van der Waals surface area contributed by atoms with E-state index in [2.05, 4.69) is 16.8 Å². The van der Waals surface area contributed by atoms with Crippen LogP contribution in [0.4, 0.5) is 5.13 Å². The van der Waals surface area contributed by atoms with Crippen LogP contribution < -0.4 is 4.90 Å². The molecule has 1 N–H and O–H groups in total. The van der Waals surface area contributed by atoms with Crippen LogP contribution in [0.1, 0.15) is 38.3 Å². The van der Waals surface area contributed by atoms with Crippen LogP contribution in [0, 0.1) is 0 Å². The molecule has 1 aromatic heterocycles. The Hall–Kier alpha value is -1.10. The first-order chi connectivity index (χ1) is 8.16. The van der Waals surface area contributed by atoms with Crippen LogP contribution in [0.25, 0.3) is 0 Å². The van der Waals surface area contributed by atoms with Crippen LogP contribution in [-0.4, -0.2) is 28.6 Å². The first kappa shape index (κ1) is 12.4.